The maximum atomic E-state index is 11.8. The fourth-order valence-corrected chi connectivity index (χ4v) is 3.91. The van der Waals surface area contributed by atoms with Crippen molar-refractivity contribution in [3.63, 3.8) is 0 Å². The Morgan fingerprint density at radius 3 is 2.60 bits per heavy atom. The van der Waals surface area contributed by atoms with Crippen LogP contribution in [0.3, 0.4) is 0 Å². The van der Waals surface area contributed by atoms with E-state index in [1.54, 1.807) is 19.1 Å². The number of piperidine rings is 1. The summed E-state index contributed by atoms with van der Waals surface area (Å²) in [6.45, 7) is 3.73. The van der Waals surface area contributed by atoms with Crippen molar-refractivity contribution >= 4 is 27.1 Å². The summed E-state index contributed by atoms with van der Waals surface area (Å²) < 4.78 is 23.6. The van der Waals surface area contributed by atoms with Crippen molar-refractivity contribution in [2.45, 2.75) is 31.1 Å². The standard InChI is InChI=1S/C15H22ClNO2S/c1-2-20(18,19)15-7-5-14(6-8-15)17-11-3-4-13(12-17)9-10-16/h5-8,13H,2-4,9-12H2,1H3. The third-order valence-electron chi connectivity index (χ3n) is 3.98. The number of nitrogens with zero attached hydrogens (tertiary/aromatic N) is 1. The highest BCUT2D eigenvalue weighted by Gasteiger charge is 2.20. The van der Waals surface area contributed by atoms with Gasteiger partial charge in [0.25, 0.3) is 0 Å². The van der Waals surface area contributed by atoms with Crippen LogP contribution in [-0.2, 0) is 9.84 Å². The van der Waals surface area contributed by atoms with Crippen LogP contribution in [-0.4, -0.2) is 33.1 Å². The molecule has 20 heavy (non-hydrogen) atoms. The van der Waals surface area contributed by atoms with Gasteiger partial charge in [-0.1, -0.05) is 6.92 Å². The first kappa shape index (κ1) is 15.6. The Balaban J connectivity index is 2.10. The van der Waals surface area contributed by atoms with Crippen LogP contribution >= 0.6 is 11.6 Å². The number of sulfone groups is 1. The number of halogens is 1. The van der Waals surface area contributed by atoms with Crippen molar-refractivity contribution in [2.75, 3.05) is 29.6 Å². The number of benzene rings is 1. The lowest BCUT2D eigenvalue weighted by Gasteiger charge is -2.34. The second-order valence-electron chi connectivity index (χ2n) is 5.33. The highest BCUT2D eigenvalue weighted by molar-refractivity contribution is 7.91. The topological polar surface area (TPSA) is 37.4 Å². The monoisotopic (exact) mass is 315 g/mol. The Hall–Kier alpha value is -0.740. The summed E-state index contributed by atoms with van der Waals surface area (Å²) >= 11 is 5.83. The second kappa shape index (κ2) is 6.81. The molecule has 1 aliphatic rings. The molecule has 1 unspecified atom stereocenters. The number of rotatable bonds is 5. The SMILES string of the molecule is CCS(=O)(=O)c1ccc(N2CCCC(CCCl)C2)cc1. The summed E-state index contributed by atoms with van der Waals surface area (Å²) in [5.41, 5.74) is 1.11. The molecule has 112 valence electrons. The van der Waals surface area contributed by atoms with Crippen molar-refractivity contribution in [1.82, 2.24) is 0 Å². The molecule has 0 aromatic heterocycles. The van der Waals surface area contributed by atoms with Gasteiger partial charge in [0, 0.05) is 24.7 Å². The summed E-state index contributed by atoms with van der Waals surface area (Å²) in [6, 6.07) is 7.29. The van der Waals surface area contributed by atoms with Gasteiger partial charge >= 0.3 is 0 Å². The van der Waals surface area contributed by atoms with Crippen molar-refractivity contribution in [1.29, 1.82) is 0 Å². The lowest BCUT2D eigenvalue weighted by Crippen LogP contribution is -2.35. The predicted molar refractivity (Wildman–Crippen MR) is 84.4 cm³/mol. The molecule has 1 saturated heterocycles. The van der Waals surface area contributed by atoms with E-state index in [2.05, 4.69) is 4.90 Å². The minimum atomic E-state index is -3.10. The number of hydrogen-bond donors (Lipinski definition) is 0. The molecule has 1 heterocycles. The molecule has 5 heteroatoms. The van der Waals surface area contributed by atoms with Crippen LogP contribution in [0.4, 0.5) is 5.69 Å². The third-order valence-corrected chi connectivity index (χ3v) is 5.95. The van der Waals surface area contributed by atoms with E-state index >= 15 is 0 Å². The predicted octanol–water partition coefficient (Wildman–Crippen LogP) is 3.33. The van der Waals surface area contributed by atoms with E-state index in [4.69, 9.17) is 11.6 Å². The zero-order valence-corrected chi connectivity index (χ0v) is 13.5. The minimum Gasteiger partial charge on any atom is -0.371 e. The molecule has 0 aliphatic carbocycles. The largest absolute Gasteiger partial charge is 0.371 e. The smallest absolute Gasteiger partial charge is 0.178 e. The van der Waals surface area contributed by atoms with Crippen molar-refractivity contribution in [3.8, 4) is 0 Å². The Labute approximate surface area is 126 Å². The van der Waals surface area contributed by atoms with E-state index in [0.29, 0.717) is 16.7 Å². The Morgan fingerprint density at radius 1 is 1.30 bits per heavy atom. The first-order valence-electron chi connectivity index (χ1n) is 7.20. The van der Waals surface area contributed by atoms with Crippen LogP contribution in [0, 0.1) is 5.92 Å². The fraction of sp³-hybridized carbons (Fsp3) is 0.600. The van der Waals surface area contributed by atoms with Gasteiger partial charge in [0.15, 0.2) is 9.84 Å². The Morgan fingerprint density at radius 2 is 2.00 bits per heavy atom. The summed E-state index contributed by atoms with van der Waals surface area (Å²) in [4.78, 5) is 2.75. The first-order chi connectivity index (χ1) is 9.56. The summed E-state index contributed by atoms with van der Waals surface area (Å²) in [7, 11) is -3.10. The molecule has 1 aromatic rings. The molecule has 0 amide bonds. The van der Waals surface area contributed by atoms with Gasteiger partial charge in [-0.2, -0.15) is 0 Å². The van der Waals surface area contributed by atoms with Crippen LogP contribution in [0.5, 0.6) is 0 Å². The first-order valence-corrected chi connectivity index (χ1v) is 9.39. The molecule has 0 radical (unpaired) electrons. The molecule has 0 saturated carbocycles. The minimum absolute atomic E-state index is 0.147. The molecule has 2 rings (SSSR count). The molecule has 1 fully saturated rings. The molecule has 0 N–H and O–H groups in total. The third kappa shape index (κ3) is 3.67. The van der Waals surface area contributed by atoms with E-state index in [9.17, 15) is 8.42 Å². The van der Waals surface area contributed by atoms with Gasteiger partial charge in [-0.25, -0.2) is 8.42 Å². The lowest BCUT2D eigenvalue weighted by atomic mass is 9.95. The zero-order valence-electron chi connectivity index (χ0n) is 11.9. The number of anilines is 1. The van der Waals surface area contributed by atoms with Gasteiger partial charge in [-0.3, -0.25) is 0 Å². The molecular weight excluding hydrogens is 294 g/mol. The van der Waals surface area contributed by atoms with Gasteiger partial charge in [0.05, 0.1) is 10.6 Å². The van der Waals surface area contributed by atoms with E-state index in [1.807, 2.05) is 12.1 Å². The van der Waals surface area contributed by atoms with Crippen LogP contribution < -0.4 is 4.90 Å². The molecule has 3 nitrogen and oxygen atoms in total. The summed E-state index contributed by atoms with van der Waals surface area (Å²) in [5, 5.41) is 0. The van der Waals surface area contributed by atoms with E-state index in [-0.39, 0.29) is 5.75 Å². The molecule has 1 aliphatic heterocycles. The number of alkyl halides is 1. The lowest BCUT2D eigenvalue weighted by molar-refractivity contribution is 0.406. The van der Waals surface area contributed by atoms with Crippen LogP contribution in [0.1, 0.15) is 26.2 Å². The molecule has 1 aromatic carbocycles. The van der Waals surface area contributed by atoms with Gasteiger partial charge in [0.1, 0.15) is 0 Å². The van der Waals surface area contributed by atoms with Gasteiger partial charge in [-0.15, -0.1) is 11.6 Å². The van der Waals surface area contributed by atoms with Crippen LogP contribution in [0.15, 0.2) is 29.2 Å². The second-order valence-corrected chi connectivity index (χ2v) is 7.99. The molecular formula is C15H22ClNO2S. The summed E-state index contributed by atoms with van der Waals surface area (Å²) in [5.74, 6) is 1.51. The maximum Gasteiger partial charge on any atom is 0.178 e. The zero-order chi connectivity index (χ0) is 14.6. The molecule has 0 spiro atoms. The van der Waals surface area contributed by atoms with E-state index < -0.39 is 9.84 Å². The average molecular weight is 316 g/mol. The van der Waals surface area contributed by atoms with Gasteiger partial charge in [-0.05, 0) is 49.4 Å². The Bertz CT molecular complexity index is 525. The van der Waals surface area contributed by atoms with Gasteiger partial charge in [0.2, 0.25) is 0 Å². The van der Waals surface area contributed by atoms with E-state index in [1.165, 1.54) is 12.8 Å². The van der Waals surface area contributed by atoms with Crippen LogP contribution in [0.2, 0.25) is 0 Å². The van der Waals surface area contributed by atoms with E-state index in [0.717, 1.165) is 25.2 Å². The molecule has 1 atom stereocenters. The quantitative estimate of drug-likeness (QED) is 0.782. The van der Waals surface area contributed by atoms with Crippen molar-refractivity contribution in [2.24, 2.45) is 5.92 Å². The van der Waals surface area contributed by atoms with Gasteiger partial charge < -0.3 is 4.90 Å². The maximum absolute atomic E-state index is 11.8. The molecule has 0 bridgehead atoms. The number of hydrogen-bond acceptors (Lipinski definition) is 3. The fourth-order valence-electron chi connectivity index (χ4n) is 2.72. The highest BCUT2D eigenvalue weighted by atomic mass is 35.5. The van der Waals surface area contributed by atoms with Crippen molar-refractivity contribution < 1.29 is 8.42 Å². The van der Waals surface area contributed by atoms with Crippen LogP contribution in [0.25, 0.3) is 0 Å². The highest BCUT2D eigenvalue weighted by Crippen LogP contribution is 2.26. The normalized spacial score (nSPS) is 20.1. The Kier molecular flexibility index (Phi) is 5.33. The summed E-state index contributed by atoms with van der Waals surface area (Å²) in [6.07, 6.45) is 3.47. The van der Waals surface area contributed by atoms with Crippen molar-refractivity contribution in [3.05, 3.63) is 24.3 Å². The average Bonchev–Trinajstić information content (AvgIpc) is 2.48.